The highest BCUT2D eigenvalue weighted by atomic mass is 16.2. The summed E-state index contributed by atoms with van der Waals surface area (Å²) in [5, 5.41) is 7.00. The molecule has 8 rings (SSSR count). The Morgan fingerprint density at radius 1 is 0.590 bits per heavy atom. The van der Waals surface area contributed by atoms with Crippen LogP contribution in [0.5, 0.6) is 0 Å². The predicted molar refractivity (Wildman–Crippen MR) is 166 cm³/mol. The molecule has 0 bridgehead atoms. The highest BCUT2D eigenvalue weighted by molar-refractivity contribution is 5.38. The van der Waals surface area contributed by atoms with Crippen LogP contribution in [0.4, 0.5) is 0 Å². The van der Waals surface area contributed by atoms with Gasteiger partial charge in [0.05, 0.1) is 0 Å². The Kier molecular flexibility index (Phi) is 10.8. The third kappa shape index (κ3) is 5.23. The summed E-state index contributed by atoms with van der Waals surface area (Å²) in [5.41, 5.74) is 7.77. The molecule has 3 N–H and O–H groups in total. The minimum absolute atomic E-state index is 0. The van der Waals surface area contributed by atoms with E-state index in [1.807, 2.05) is 0 Å². The molecule has 4 heteroatoms. The number of nitrogens with zero attached hydrogens (tertiary/aromatic N) is 2. The normalized spacial score (nSPS) is 31.6. The van der Waals surface area contributed by atoms with Gasteiger partial charge in [0.25, 0.3) is 0 Å². The Labute approximate surface area is 239 Å². The van der Waals surface area contributed by atoms with Gasteiger partial charge in [-0.05, 0) is 99.6 Å². The van der Waals surface area contributed by atoms with E-state index in [0.29, 0.717) is 11.1 Å². The molecule has 4 atom stereocenters. The van der Waals surface area contributed by atoms with Crippen LogP contribution in [0.15, 0.2) is 48.5 Å². The van der Waals surface area contributed by atoms with Gasteiger partial charge in [-0.3, -0.25) is 9.80 Å². The standard InChI is InChI=1S/2C16H21N.CH4O.2CH4.H2O/c2*1-2-6-14-13(5-1)8-12-17-11-4-10-16(17)9-3-7-15(14)16;1-2;;;/h2*1-2,5-6,15H,3-4,7-12H2;2H,1H3;2*1H4;1H2. The molecule has 39 heavy (non-hydrogen) atoms. The summed E-state index contributed by atoms with van der Waals surface area (Å²) in [6.45, 7) is 5.30. The molecular formula is C35H56N2O2. The second kappa shape index (κ2) is 13.3. The summed E-state index contributed by atoms with van der Waals surface area (Å²) in [6, 6.07) is 18.5. The van der Waals surface area contributed by atoms with Crippen LogP contribution in [0.2, 0.25) is 0 Å². The fraction of sp³-hybridized carbons (Fsp3) is 0.657. The van der Waals surface area contributed by atoms with Gasteiger partial charge >= 0.3 is 0 Å². The molecule has 2 saturated carbocycles. The van der Waals surface area contributed by atoms with E-state index in [9.17, 15) is 0 Å². The molecule has 0 amide bonds. The van der Waals surface area contributed by atoms with Gasteiger partial charge in [-0.2, -0.15) is 0 Å². The summed E-state index contributed by atoms with van der Waals surface area (Å²) in [6.07, 6.45) is 16.9. The number of hydrogen-bond donors (Lipinski definition) is 1. The molecule has 4 aliphatic heterocycles. The van der Waals surface area contributed by atoms with Gasteiger partial charge in [-0.25, -0.2) is 0 Å². The van der Waals surface area contributed by atoms with E-state index in [1.54, 1.807) is 22.3 Å². The van der Waals surface area contributed by atoms with Crippen molar-refractivity contribution in [1.29, 1.82) is 0 Å². The monoisotopic (exact) mass is 536 g/mol. The van der Waals surface area contributed by atoms with Gasteiger partial charge in [0, 0.05) is 43.1 Å². The van der Waals surface area contributed by atoms with Crippen molar-refractivity contribution in [1.82, 2.24) is 9.80 Å². The predicted octanol–water partition coefficient (Wildman–Crippen LogP) is 6.75. The van der Waals surface area contributed by atoms with Crippen LogP contribution in [-0.2, 0) is 12.8 Å². The largest absolute Gasteiger partial charge is 0.412 e. The first-order valence-electron chi connectivity index (χ1n) is 14.9. The van der Waals surface area contributed by atoms with E-state index in [2.05, 4.69) is 58.3 Å². The topological polar surface area (TPSA) is 58.2 Å². The van der Waals surface area contributed by atoms with Crippen LogP contribution in [0.25, 0.3) is 0 Å². The van der Waals surface area contributed by atoms with Crippen LogP contribution in [0.3, 0.4) is 0 Å². The van der Waals surface area contributed by atoms with Crippen LogP contribution in [-0.4, -0.2) is 64.7 Å². The lowest BCUT2D eigenvalue weighted by atomic mass is 9.79. The maximum Gasteiger partial charge on any atom is 0.0319 e. The summed E-state index contributed by atoms with van der Waals surface area (Å²) < 4.78 is 0. The summed E-state index contributed by atoms with van der Waals surface area (Å²) in [7, 11) is 1.00. The zero-order chi connectivity index (χ0) is 24.6. The first-order valence-corrected chi connectivity index (χ1v) is 14.9. The number of aliphatic hydroxyl groups is 1. The molecule has 2 spiro atoms. The molecule has 4 nitrogen and oxygen atoms in total. The smallest absolute Gasteiger partial charge is 0.0319 e. The quantitative estimate of drug-likeness (QED) is 0.405. The maximum atomic E-state index is 7.00. The van der Waals surface area contributed by atoms with Gasteiger partial charge in [-0.1, -0.05) is 76.2 Å². The van der Waals surface area contributed by atoms with E-state index < -0.39 is 0 Å². The van der Waals surface area contributed by atoms with Crippen molar-refractivity contribution < 1.29 is 10.6 Å². The number of rotatable bonds is 0. The van der Waals surface area contributed by atoms with Crippen molar-refractivity contribution in [2.24, 2.45) is 0 Å². The Morgan fingerprint density at radius 3 is 1.41 bits per heavy atom. The number of fused-ring (bicyclic) bond motifs is 4. The zero-order valence-electron chi connectivity index (χ0n) is 22.9. The lowest BCUT2D eigenvalue weighted by molar-refractivity contribution is 0.133. The highest BCUT2D eigenvalue weighted by Crippen LogP contribution is 2.55. The minimum atomic E-state index is 0. The molecule has 0 radical (unpaired) electrons. The third-order valence-electron chi connectivity index (χ3n) is 11.0. The first-order chi connectivity index (χ1) is 17.8. The Bertz CT molecular complexity index is 965. The molecule has 0 aromatic heterocycles. The van der Waals surface area contributed by atoms with Crippen molar-refractivity contribution in [3.05, 3.63) is 70.8 Å². The van der Waals surface area contributed by atoms with E-state index in [1.165, 1.54) is 103 Å². The second-order valence-electron chi connectivity index (χ2n) is 12.2. The number of benzene rings is 2. The second-order valence-corrected chi connectivity index (χ2v) is 12.2. The van der Waals surface area contributed by atoms with E-state index in [4.69, 9.17) is 5.11 Å². The molecule has 2 saturated heterocycles. The summed E-state index contributed by atoms with van der Waals surface area (Å²) in [4.78, 5) is 5.68. The average molecular weight is 537 g/mol. The summed E-state index contributed by atoms with van der Waals surface area (Å²) in [5.74, 6) is 1.67. The number of hydrogen-bond acceptors (Lipinski definition) is 3. The van der Waals surface area contributed by atoms with Crippen molar-refractivity contribution in [3.63, 3.8) is 0 Å². The van der Waals surface area contributed by atoms with Crippen LogP contribution in [0.1, 0.15) is 113 Å². The van der Waals surface area contributed by atoms with Crippen LogP contribution < -0.4 is 0 Å². The molecule has 4 fully saturated rings. The Morgan fingerprint density at radius 2 is 0.974 bits per heavy atom. The molecule has 6 aliphatic rings. The van der Waals surface area contributed by atoms with Crippen molar-refractivity contribution in [2.75, 3.05) is 33.3 Å². The van der Waals surface area contributed by atoms with Gasteiger partial charge in [0.1, 0.15) is 0 Å². The van der Waals surface area contributed by atoms with Crippen molar-refractivity contribution >= 4 is 0 Å². The van der Waals surface area contributed by atoms with Gasteiger partial charge in [-0.15, -0.1) is 0 Å². The van der Waals surface area contributed by atoms with Crippen LogP contribution in [0, 0.1) is 0 Å². The third-order valence-corrected chi connectivity index (χ3v) is 11.0. The molecule has 218 valence electrons. The molecular weight excluding hydrogens is 480 g/mol. The van der Waals surface area contributed by atoms with Gasteiger partial charge in [0.15, 0.2) is 0 Å². The van der Waals surface area contributed by atoms with Crippen molar-refractivity contribution in [2.45, 2.75) is 115 Å². The van der Waals surface area contributed by atoms with Crippen LogP contribution >= 0.6 is 0 Å². The Hall–Kier alpha value is -1.72. The molecule has 2 aliphatic carbocycles. The molecule has 4 heterocycles. The fourth-order valence-corrected chi connectivity index (χ4v) is 9.65. The summed E-state index contributed by atoms with van der Waals surface area (Å²) >= 11 is 0. The molecule has 4 unspecified atom stereocenters. The zero-order valence-corrected chi connectivity index (χ0v) is 22.9. The lowest BCUT2D eigenvalue weighted by Gasteiger charge is -2.39. The minimum Gasteiger partial charge on any atom is -0.412 e. The maximum absolute atomic E-state index is 7.00. The number of aliphatic hydroxyl groups excluding tert-OH is 1. The van der Waals surface area contributed by atoms with E-state index in [0.717, 1.165) is 18.9 Å². The first kappa shape index (κ1) is 31.8. The molecule has 2 aromatic carbocycles. The fourth-order valence-electron chi connectivity index (χ4n) is 9.65. The average Bonchev–Trinajstić information content (AvgIpc) is 3.72. The molecule has 2 aromatic rings. The highest BCUT2D eigenvalue weighted by Gasteiger charge is 2.52. The van der Waals surface area contributed by atoms with Crippen molar-refractivity contribution in [3.8, 4) is 0 Å². The van der Waals surface area contributed by atoms with Gasteiger partial charge in [0.2, 0.25) is 0 Å². The SMILES string of the molecule is C.C.CO.O.c1ccc2c(c1)CCN1CCCC13CCCC23.c1ccc2c(c1)CCN1CCCC13CCCC23. The van der Waals surface area contributed by atoms with E-state index in [-0.39, 0.29) is 20.3 Å². The Balaban J connectivity index is 0.000000189. The van der Waals surface area contributed by atoms with E-state index >= 15 is 0 Å². The lowest BCUT2D eigenvalue weighted by Crippen LogP contribution is -2.45. The van der Waals surface area contributed by atoms with Gasteiger partial charge < -0.3 is 10.6 Å².